The van der Waals surface area contributed by atoms with E-state index in [0.717, 1.165) is 6.42 Å². The molecule has 0 rings (SSSR count). The van der Waals surface area contributed by atoms with Crippen LogP contribution in [0.5, 0.6) is 0 Å². The van der Waals surface area contributed by atoms with Crippen LogP contribution in [0.2, 0.25) is 0 Å². The number of amides is 1. The van der Waals surface area contributed by atoms with E-state index in [9.17, 15) is 4.79 Å². The Balaban J connectivity index is 2.98. The molecular formula is C18H36NOTi. The van der Waals surface area contributed by atoms with Crippen LogP contribution in [0.4, 0.5) is 0 Å². The van der Waals surface area contributed by atoms with Crippen molar-refractivity contribution in [1.29, 1.82) is 0 Å². The van der Waals surface area contributed by atoms with Gasteiger partial charge in [0.2, 0.25) is 0 Å². The van der Waals surface area contributed by atoms with Crippen molar-refractivity contribution < 1.29 is 25.5 Å². The third kappa shape index (κ3) is 18.1. The van der Waals surface area contributed by atoms with Crippen LogP contribution in [0.15, 0.2) is 0 Å². The average Bonchev–Trinajstić information content (AvgIpc) is 2.50. The van der Waals surface area contributed by atoms with E-state index >= 15 is 0 Å². The van der Waals surface area contributed by atoms with E-state index in [4.69, 9.17) is 0 Å². The summed E-state index contributed by atoms with van der Waals surface area (Å²) in [6.45, 7) is 2.28. The summed E-state index contributed by atoms with van der Waals surface area (Å²) in [5.41, 5.74) is 0. The van der Waals surface area contributed by atoms with Crippen molar-refractivity contribution in [3.8, 4) is 0 Å². The predicted octanol–water partition coefficient (Wildman–Crippen LogP) is 5.83. The summed E-state index contributed by atoms with van der Waals surface area (Å²) in [6, 6.07) is 0. The van der Waals surface area contributed by atoms with Crippen LogP contribution in [0, 0.1) is 0 Å². The molecule has 0 aromatic carbocycles. The van der Waals surface area contributed by atoms with Gasteiger partial charge in [0.15, 0.2) is 0 Å². The molecule has 0 saturated carbocycles. The zero-order valence-corrected chi connectivity index (χ0v) is 15.8. The molecule has 0 fully saturated rings. The third-order valence-electron chi connectivity index (χ3n) is 4.15. The SMILES string of the molecule is CCCCCCCCCCCCCCCCCC(=O)[NH][Ti]. The van der Waals surface area contributed by atoms with Crippen LogP contribution in [-0.4, -0.2) is 5.91 Å². The summed E-state index contributed by atoms with van der Waals surface area (Å²) in [5, 5.41) is 0. The van der Waals surface area contributed by atoms with Gasteiger partial charge in [-0.15, -0.1) is 0 Å². The zero-order valence-electron chi connectivity index (χ0n) is 14.2. The number of hydrogen-bond donors (Lipinski definition) is 1. The number of carbonyl (C=O) groups excluding carboxylic acids is 1. The Hall–Kier alpha value is 0.184. The Labute approximate surface area is 144 Å². The van der Waals surface area contributed by atoms with Gasteiger partial charge in [-0.05, 0) is 0 Å². The van der Waals surface area contributed by atoms with Crippen molar-refractivity contribution in [3.63, 3.8) is 0 Å². The first-order valence-electron chi connectivity index (χ1n) is 9.26. The molecule has 0 radical (unpaired) electrons. The fourth-order valence-electron chi connectivity index (χ4n) is 2.72. The third-order valence-corrected chi connectivity index (χ3v) is 4.58. The van der Waals surface area contributed by atoms with Gasteiger partial charge in [-0.25, -0.2) is 0 Å². The van der Waals surface area contributed by atoms with E-state index in [-0.39, 0.29) is 5.91 Å². The van der Waals surface area contributed by atoms with E-state index in [2.05, 4.69) is 10.7 Å². The van der Waals surface area contributed by atoms with Crippen LogP contribution < -0.4 is 3.80 Å². The molecule has 21 heavy (non-hydrogen) atoms. The average molecular weight is 330 g/mol. The molecule has 0 aliphatic rings. The maximum atomic E-state index is 11.0. The Bertz CT molecular complexity index is 221. The van der Waals surface area contributed by atoms with Gasteiger partial charge < -0.3 is 0 Å². The van der Waals surface area contributed by atoms with E-state index in [1.165, 1.54) is 89.9 Å². The molecule has 0 spiro atoms. The zero-order chi connectivity index (χ0) is 15.6. The second kappa shape index (κ2) is 18.2. The van der Waals surface area contributed by atoms with Crippen LogP contribution in [-0.2, 0) is 25.5 Å². The van der Waals surface area contributed by atoms with Crippen molar-refractivity contribution in [1.82, 2.24) is 3.80 Å². The molecule has 0 aromatic heterocycles. The van der Waals surface area contributed by atoms with Gasteiger partial charge in [0, 0.05) is 0 Å². The van der Waals surface area contributed by atoms with Crippen LogP contribution >= 0.6 is 0 Å². The second-order valence-corrected chi connectivity index (χ2v) is 6.64. The summed E-state index contributed by atoms with van der Waals surface area (Å²) in [6.07, 6.45) is 21.3. The summed E-state index contributed by atoms with van der Waals surface area (Å²) in [7, 11) is 0. The first kappa shape index (κ1) is 21.2. The molecule has 0 bridgehead atoms. The van der Waals surface area contributed by atoms with Gasteiger partial charge in [0.05, 0.1) is 0 Å². The molecular weight excluding hydrogens is 294 g/mol. The van der Waals surface area contributed by atoms with Crippen molar-refractivity contribution in [2.24, 2.45) is 0 Å². The predicted molar refractivity (Wildman–Crippen MR) is 87.7 cm³/mol. The Kier molecular flexibility index (Phi) is 18.4. The van der Waals surface area contributed by atoms with E-state index in [0.29, 0.717) is 6.42 Å². The fourth-order valence-corrected chi connectivity index (χ4v) is 2.91. The summed E-state index contributed by atoms with van der Waals surface area (Å²) in [4.78, 5) is 11.0. The van der Waals surface area contributed by atoms with Gasteiger partial charge in [-0.1, -0.05) is 45.4 Å². The van der Waals surface area contributed by atoms with E-state index in [1.807, 2.05) is 0 Å². The van der Waals surface area contributed by atoms with Gasteiger partial charge in [0.25, 0.3) is 0 Å². The van der Waals surface area contributed by atoms with Gasteiger partial charge >= 0.3 is 99.4 Å². The summed E-state index contributed by atoms with van der Waals surface area (Å²) in [5.74, 6) is 0.185. The number of unbranched alkanes of at least 4 members (excludes halogenated alkanes) is 14. The van der Waals surface area contributed by atoms with Crippen molar-refractivity contribution >= 4 is 5.91 Å². The molecule has 0 saturated heterocycles. The number of carbonyl (C=O) groups is 1. The fraction of sp³-hybridized carbons (Fsp3) is 0.944. The second-order valence-electron chi connectivity index (χ2n) is 6.25. The minimum atomic E-state index is 0.185. The molecule has 0 aliphatic carbocycles. The normalized spacial score (nSPS) is 10.7. The molecule has 3 heteroatoms. The molecule has 123 valence electrons. The molecule has 0 aliphatic heterocycles. The number of hydrogen-bond acceptors (Lipinski definition) is 1. The summed E-state index contributed by atoms with van der Waals surface area (Å²) < 4.78 is 2.68. The monoisotopic (exact) mass is 330 g/mol. The van der Waals surface area contributed by atoms with Crippen molar-refractivity contribution in [3.05, 3.63) is 0 Å². The first-order chi connectivity index (χ1) is 10.3. The minimum absolute atomic E-state index is 0.185. The first-order valence-corrected chi connectivity index (χ1v) is 10.0. The molecule has 0 unspecified atom stereocenters. The summed E-state index contributed by atoms with van der Waals surface area (Å²) >= 11 is 1.72. The van der Waals surface area contributed by atoms with Crippen LogP contribution in [0.3, 0.4) is 0 Å². The van der Waals surface area contributed by atoms with Crippen molar-refractivity contribution in [2.45, 2.75) is 110 Å². The molecule has 0 atom stereocenters. The number of nitrogens with one attached hydrogen (secondary N) is 1. The maximum absolute atomic E-state index is 11.0. The van der Waals surface area contributed by atoms with E-state index < -0.39 is 0 Å². The molecule has 1 amide bonds. The molecule has 2 nitrogen and oxygen atoms in total. The molecule has 0 aromatic rings. The molecule has 0 heterocycles. The Morgan fingerprint density at radius 1 is 0.667 bits per heavy atom. The number of rotatable bonds is 16. The quantitative estimate of drug-likeness (QED) is 0.280. The standard InChI is InChI=1S/C18H37NO.Ti/c1-2-3-4-5-6-7-8-9-10-11-12-13-14-15-16-17-18(19)20;/h2-17H2,1H3,(H2,19,20);/q;+1/p-1. The van der Waals surface area contributed by atoms with Crippen LogP contribution in [0.1, 0.15) is 110 Å². The topological polar surface area (TPSA) is 29.1 Å². The van der Waals surface area contributed by atoms with Gasteiger partial charge in [-0.3, -0.25) is 0 Å². The van der Waals surface area contributed by atoms with Gasteiger partial charge in [-0.2, -0.15) is 0 Å². The Morgan fingerprint density at radius 2 is 1.00 bits per heavy atom. The van der Waals surface area contributed by atoms with E-state index in [1.54, 1.807) is 20.7 Å². The van der Waals surface area contributed by atoms with Crippen molar-refractivity contribution in [2.75, 3.05) is 0 Å². The van der Waals surface area contributed by atoms with Gasteiger partial charge in [0.1, 0.15) is 0 Å². The Morgan fingerprint density at radius 3 is 1.33 bits per heavy atom. The molecule has 1 N–H and O–H groups in total. The van der Waals surface area contributed by atoms with Crippen LogP contribution in [0.25, 0.3) is 0 Å².